The van der Waals surface area contributed by atoms with Crippen LogP contribution in [0.5, 0.6) is 0 Å². The van der Waals surface area contributed by atoms with Crippen molar-refractivity contribution in [2.75, 3.05) is 23.5 Å². The van der Waals surface area contributed by atoms with Crippen molar-refractivity contribution in [2.45, 2.75) is 17.8 Å². The Morgan fingerprint density at radius 2 is 2.29 bits per heavy atom. The average molecular weight is 319 g/mol. The van der Waals surface area contributed by atoms with Crippen molar-refractivity contribution in [3.63, 3.8) is 0 Å². The van der Waals surface area contributed by atoms with Gasteiger partial charge in [0.25, 0.3) is 0 Å². The van der Waals surface area contributed by atoms with E-state index in [1.54, 1.807) is 0 Å². The van der Waals surface area contributed by atoms with E-state index < -0.39 is 9.84 Å². The third-order valence-electron chi connectivity index (χ3n) is 3.08. The second-order valence-corrected chi connectivity index (χ2v) is 7.12. The van der Waals surface area contributed by atoms with E-state index in [-0.39, 0.29) is 11.8 Å². The summed E-state index contributed by atoms with van der Waals surface area (Å²) in [6, 6.07) is 3.99. The molecule has 1 atom stereocenters. The minimum absolute atomic E-state index is 0.0577. The molecule has 1 fully saturated rings. The number of rotatable bonds is 3. The summed E-state index contributed by atoms with van der Waals surface area (Å²) in [5, 5.41) is 0.780. The van der Waals surface area contributed by atoms with Crippen molar-refractivity contribution >= 4 is 31.6 Å². The number of hydrogen-bond donors (Lipinski definition) is 0. The van der Waals surface area contributed by atoms with Crippen molar-refractivity contribution in [2.24, 2.45) is 0 Å². The van der Waals surface area contributed by atoms with Crippen molar-refractivity contribution < 1.29 is 8.42 Å². The van der Waals surface area contributed by atoms with Crippen LogP contribution in [0.25, 0.3) is 0 Å². The molecule has 1 aliphatic heterocycles. The lowest BCUT2D eigenvalue weighted by Crippen LogP contribution is -2.33. The van der Waals surface area contributed by atoms with Crippen LogP contribution in [0.15, 0.2) is 18.3 Å². The number of pyridine rings is 1. The lowest BCUT2D eigenvalue weighted by Gasteiger charge is -2.24. The normalized spacial score (nSPS) is 22.6. The topological polar surface area (TPSA) is 50.3 Å². The second kappa shape index (κ2) is 4.94. The molecule has 4 nitrogen and oxygen atoms in total. The first kappa shape index (κ1) is 12.8. The van der Waals surface area contributed by atoms with E-state index in [0.29, 0.717) is 12.2 Å². The van der Waals surface area contributed by atoms with Gasteiger partial charge in [0.2, 0.25) is 0 Å². The molecule has 94 valence electrons. The van der Waals surface area contributed by atoms with Crippen LogP contribution >= 0.6 is 15.9 Å². The molecular weight excluding hydrogens is 304 g/mol. The largest absolute Gasteiger partial charge is 0.356 e. The maximum Gasteiger partial charge on any atom is 0.152 e. The third-order valence-corrected chi connectivity index (χ3v) is 5.48. The number of aromatic nitrogens is 1. The predicted molar refractivity (Wildman–Crippen MR) is 72.3 cm³/mol. The molecule has 0 saturated carbocycles. The molecule has 1 saturated heterocycles. The van der Waals surface area contributed by atoms with E-state index >= 15 is 0 Å². The van der Waals surface area contributed by atoms with Gasteiger partial charge < -0.3 is 4.90 Å². The molecule has 1 aromatic heterocycles. The third kappa shape index (κ3) is 2.98. The van der Waals surface area contributed by atoms with E-state index in [0.717, 1.165) is 16.7 Å². The van der Waals surface area contributed by atoms with Gasteiger partial charge in [-0.1, -0.05) is 22.0 Å². The van der Waals surface area contributed by atoms with Gasteiger partial charge >= 0.3 is 0 Å². The first-order valence-electron chi connectivity index (χ1n) is 5.46. The minimum atomic E-state index is -2.84. The monoisotopic (exact) mass is 318 g/mol. The molecule has 0 radical (unpaired) electrons. The van der Waals surface area contributed by atoms with Gasteiger partial charge in [-0.15, -0.1) is 0 Å². The number of alkyl halides is 1. The lowest BCUT2D eigenvalue weighted by molar-refractivity contribution is 0.600. The highest BCUT2D eigenvalue weighted by atomic mass is 79.9. The van der Waals surface area contributed by atoms with Crippen LogP contribution < -0.4 is 4.90 Å². The molecule has 1 unspecified atom stereocenters. The van der Waals surface area contributed by atoms with Crippen molar-refractivity contribution in [3.05, 3.63) is 23.9 Å². The summed E-state index contributed by atoms with van der Waals surface area (Å²) in [6.07, 6.45) is 2.50. The summed E-state index contributed by atoms with van der Waals surface area (Å²) in [5.41, 5.74) is 1.11. The van der Waals surface area contributed by atoms with Crippen LogP contribution in [-0.4, -0.2) is 38.0 Å². The molecule has 1 aliphatic rings. The Balaban J connectivity index is 2.11. The Kier molecular flexibility index (Phi) is 3.73. The fourth-order valence-electron chi connectivity index (χ4n) is 1.97. The highest BCUT2D eigenvalue weighted by molar-refractivity contribution is 9.08. The molecule has 6 heteroatoms. The van der Waals surface area contributed by atoms with E-state index in [1.165, 1.54) is 0 Å². The van der Waals surface area contributed by atoms with Gasteiger partial charge in [-0.25, -0.2) is 13.4 Å². The summed E-state index contributed by atoms with van der Waals surface area (Å²) in [6.45, 7) is 0. The zero-order valence-electron chi connectivity index (χ0n) is 9.63. The van der Waals surface area contributed by atoms with Gasteiger partial charge in [-0.05, 0) is 18.1 Å². The standard InChI is InChI=1S/C11H15BrN2O2S/c1-14(10-4-5-17(15,16)8-10)11-3-2-9(6-12)7-13-11/h2-3,7,10H,4-6,8H2,1H3. The number of sulfone groups is 1. The van der Waals surface area contributed by atoms with Gasteiger partial charge in [-0.2, -0.15) is 0 Å². The van der Waals surface area contributed by atoms with Crippen LogP contribution in [-0.2, 0) is 15.2 Å². The molecule has 0 bridgehead atoms. The van der Waals surface area contributed by atoms with E-state index in [9.17, 15) is 8.42 Å². The summed E-state index contributed by atoms with van der Waals surface area (Å²) in [7, 11) is -0.934. The van der Waals surface area contributed by atoms with Crippen LogP contribution in [0.1, 0.15) is 12.0 Å². The number of hydrogen-bond acceptors (Lipinski definition) is 4. The highest BCUT2D eigenvalue weighted by Gasteiger charge is 2.31. The van der Waals surface area contributed by atoms with E-state index in [4.69, 9.17) is 0 Å². The molecule has 0 aliphatic carbocycles. The number of anilines is 1. The van der Waals surface area contributed by atoms with Crippen LogP contribution in [0.2, 0.25) is 0 Å². The first-order chi connectivity index (χ1) is 8.02. The van der Waals surface area contributed by atoms with E-state index in [1.807, 2.05) is 30.3 Å². The summed E-state index contributed by atoms with van der Waals surface area (Å²) < 4.78 is 22.8. The smallest absolute Gasteiger partial charge is 0.152 e. The molecule has 0 aromatic carbocycles. The van der Waals surface area contributed by atoms with Gasteiger partial charge in [0.15, 0.2) is 9.84 Å². The molecule has 2 heterocycles. The van der Waals surface area contributed by atoms with Crippen molar-refractivity contribution in [3.8, 4) is 0 Å². The fourth-order valence-corrected chi connectivity index (χ4v) is 4.08. The Morgan fingerprint density at radius 1 is 1.53 bits per heavy atom. The van der Waals surface area contributed by atoms with Gasteiger partial charge in [-0.3, -0.25) is 0 Å². The van der Waals surface area contributed by atoms with Crippen LogP contribution in [0, 0.1) is 0 Å². The molecule has 2 rings (SSSR count). The highest BCUT2D eigenvalue weighted by Crippen LogP contribution is 2.21. The molecule has 17 heavy (non-hydrogen) atoms. The molecule has 0 spiro atoms. The fraction of sp³-hybridized carbons (Fsp3) is 0.545. The Hall–Kier alpha value is -0.620. The molecular formula is C11H15BrN2O2S. The SMILES string of the molecule is CN(c1ccc(CBr)cn1)C1CCS(=O)(=O)C1. The summed E-state index contributed by atoms with van der Waals surface area (Å²) >= 11 is 3.37. The van der Waals surface area contributed by atoms with Crippen molar-refractivity contribution in [1.29, 1.82) is 0 Å². The number of nitrogens with zero attached hydrogens (tertiary/aromatic N) is 2. The Labute approximate surface area is 110 Å². The summed E-state index contributed by atoms with van der Waals surface area (Å²) in [4.78, 5) is 6.30. The van der Waals surface area contributed by atoms with E-state index in [2.05, 4.69) is 20.9 Å². The van der Waals surface area contributed by atoms with Crippen LogP contribution in [0.3, 0.4) is 0 Å². The average Bonchev–Trinajstić information content (AvgIpc) is 2.69. The second-order valence-electron chi connectivity index (χ2n) is 4.33. The lowest BCUT2D eigenvalue weighted by atomic mass is 10.2. The number of halogens is 1. The van der Waals surface area contributed by atoms with Gasteiger partial charge in [0.1, 0.15) is 5.82 Å². The quantitative estimate of drug-likeness (QED) is 0.794. The Bertz CT molecular complexity index is 487. The molecule has 1 aromatic rings. The predicted octanol–water partition coefficient (Wildman–Crippen LogP) is 1.60. The maximum atomic E-state index is 11.4. The van der Waals surface area contributed by atoms with Crippen LogP contribution in [0.4, 0.5) is 5.82 Å². The van der Waals surface area contributed by atoms with Crippen molar-refractivity contribution in [1.82, 2.24) is 4.98 Å². The van der Waals surface area contributed by atoms with Gasteiger partial charge in [0, 0.05) is 24.6 Å². The summed E-state index contributed by atoms with van der Waals surface area (Å²) in [5.74, 6) is 1.36. The maximum absolute atomic E-state index is 11.4. The Morgan fingerprint density at radius 3 is 2.76 bits per heavy atom. The molecule has 0 N–H and O–H groups in total. The minimum Gasteiger partial charge on any atom is -0.356 e. The first-order valence-corrected chi connectivity index (χ1v) is 8.40. The zero-order valence-corrected chi connectivity index (χ0v) is 12.0. The zero-order chi connectivity index (χ0) is 12.5. The molecule has 0 amide bonds. The van der Waals surface area contributed by atoms with Gasteiger partial charge in [0.05, 0.1) is 11.5 Å².